The van der Waals surface area contributed by atoms with Crippen LogP contribution in [0.25, 0.3) is 10.2 Å². The van der Waals surface area contributed by atoms with E-state index in [1.807, 2.05) is 38.1 Å². The predicted molar refractivity (Wildman–Crippen MR) is 126 cm³/mol. The molecule has 1 aromatic heterocycles. The standard InChI is InChI=1S/C21H24ClN3O3S.ClH/c1-13-6-8-17(28-5)18-19(13)29-21(23-18)25(11-10-24(2)3)20(26)15-12-14(22)7-9-16(15)27-4;/h6-9,12H,10-11H2,1-5H3;1H. The van der Waals surface area contributed by atoms with Gasteiger partial charge < -0.3 is 14.4 Å². The van der Waals surface area contributed by atoms with Crippen LogP contribution in [0.4, 0.5) is 5.13 Å². The van der Waals surface area contributed by atoms with Gasteiger partial charge in [0.15, 0.2) is 5.13 Å². The maximum Gasteiger partial charge on any atom is 0.263 e. The third kappa shape index (κ3) is 4.98. The molecule has 0 spiro atoms. The van der Waals surface area contributed by atoms with Gasteiger partial charge in [0, 0.05) is 18.1 Å². The van der Waals surface area contributed by atoms with Crippen molar-refractivity contribution in [3.8, 4) is 11.5 Å². The van der Waals surface area contributed by atoms with E-state index in [1.165, 1.54) is 18.4 Å². The van der Waals surface area contributed by atoms with Gasteiger partial charge >= 0.3 is 0 Å². The van der Waals surface area contributed by atoms with Crippen LogP contribution in [0.2, 0.25) is 5.02 Å². The molecule has 0 N–H and O–H groups in total. The van der Waals surface area contributed by atoms with Gasteiger partial charge in [-0.25, -0.2) is 4.98 Å². The maximum absolute atomic E-state index is 13.5. The fraction of sp³-hybridized carbons (Fsp3) is 0.333. The summed E-state index contributed by atoms with van der Waals surface area (Å²) < 4.78 is 11.9. The molecule has 3 aromatic rings. The van der Waals surface area contributed by atoms with Crippen LogP contribution in [0.5, 0.6) is 11.5 Å². The summed E-state index contributed by atoms with van der Waals surface area (Å²) in [6.07, 6.45) is 0. The van der Waals surface area contributed by atoms with Crippen molar-refractivity contribution in [2.24, 2.45) is 0 Å². The number of methoxy groups -OCH3 is 2. The van der Waals surface area contributed by atoms with Gasteiger partial charge in [-0.2, -0.15) is 0 Å². The van der Waals surface area contributed by atoms with Crippen molar-refractivity contribution in [1.29, 1.82) is 0 Å². The summed E-state index contributed by atoms with van der Waals surface area (Å²) in [5.74, 6) is 0.958. The lowest BCUT2D eigenvalue weighted by atomic mass is 10.1. The minimum Gasteiger partial charge on any atom is -0.496 e. The molecule has 1 amide bonds. The Labute approximate surface area is 191 Å². The zero-order valence-electron chi connectivity index (χ0n) is 17.6. The summed E-state index contributed by atoms with van der Waals surface area (Å²) >= 11 is 7.63. The summed E-state index contributed by atoms with van der Waals surface area (Å²) in [5.41, 5.74) is 2.25. The van der Waals surface area contributed by atoms with E-state index >= 15 is 0 Å². The van der Waals surface area contributed by atoms with E-state index in [2.05, 4.69) is 0 Å². The number of thiazole rings is 1. The van der Waals surface area contributed by atoms with Crippen LogP contribution < -0.4 is 14.4 Å². The summed E-state index contributed by atoms with van der Waals surface area (Å²) in [6.45, 7) is 3.18. The highest BCUT2D eigenvalue weighted by Crippen LogP contribution is 2.37. The average molecular weight is 470 g/mol. The molecule has 0 aliphatic rings. The lowest BCUT2D eigenvalue weighted by Crippen LogP contribution is -2.37. The molecule has 2 aromatic carbocycles. The number of rotatable bonds is 7. The van der Waals surface area contributed by atoms with Crippen LogP contribution >= 0.6 is 35.3 Å². The number of aromatic nitrogens is 1. The molecule has 0 bridgehead atoms. The number of fused-ring (bicyclic) bond motifs is 1. The van der Waals surface area contributed by atoms with E-state index in [-0.39, 0.29) is 18.3 Å². The van der Waals surface area contributed by atoms with Crippen molar-refractivity contribution >= 4 is 56.6 Å². The Balaban J connectivity index is 0.00000320. The van der Waals surface area contributed by atoms with E-state index in [4.69, 9.17) is 26.1 Å². The molecule has 0 saturated heterocycles. The Bertz CT molecular complexity index is 1040. The van der Waals surface area contributed by atoms with Crippen LogP contribution in [0.15, 0.2) is 30.3 Å². The van der Waals surface area contributed by atoms with Gasteiger partial charge in [0.2, 0.25) is 0 Å². The molecule has 162 valence electrons. The van der Waals surface area contributed by atoms with Gasteiger partial charge in [-0.15, -0.1) is 12.4 Å². The number of anilines is 1. The minimum absolute atomic E-state index is 0. The van der Waals surface area contributed by atoms with Crippen LogP contribution in [0.1, 0.15) is 15.9 Å². The first-order valence-electron chi connectivity index (χ1n) is 9.10. The Morgan fingerprint density at radius 2 is 1.77 bits per heavy atom. The topological polar surface area (TPSA) is 54.9 Å². The molecular weight excluding hydrogens is 445 g/mol. The Kier molecular flexibility index (Phi) is 8.32. The van der Waals surface area contributed by atoms with Crippen molar-refractivity contribution < 1.29 is 14.3 Å². The summed E-state index contributed by atoms with van der Waals surface area (Å²) in [7, 11) is 7.09. The fourth-order valence-electron chi connectivity index (χ4n) is 2.96. The van der Waals surface area contributed by atoms with E-state index in [0.29, 0.717) is 40.3 Å². The normalized spacial score (nSPS) is 10.8. The van der Waals surface area contributed by atoms with E-state index in [0.717, 1.165) is 15.8 Å². The van der Waals surface area contributed by atoms with Crippen molar-refractivity contribution in [3.05, 3.63) is 46.5 Å². The molecule has 30 heavy (non-hydrogen) atoms. The van der Waals surface area contributed by atoms with Crippen molar-refractivity contribution in [1.82, 2.24) is 9.88 Å². The highest BCUT2D eigenvalue weighted by Gasteiger charge is 2.25. The molecule has 0 radical (unpaired) electrons. The number of aryl methyl sites for hydroxylation is 1. The van der Waals surface area contributed by atoms with Crippen molar-refractivity contribution in [2.75, 3.05) is 46.3 Å². The zero-order chi connectivity index (χ0) is 21.1. The number of carbonyl (C=O) groups is 1. The van der Waals surface area contributed by atoms with Gasteiger partial charge in [-0.05, 0) is 50.8 Å². The maximum atomic E-state index is 13.5. The lowest BCUT2D eigenvalue weighted by Gasteiger charge is -2.23. The molecule has 1 heterocycles. The smallest absolute Gasteiger partial charge is 0.263 e. The molecule has 9 heteroatoms. The lowest BCUT2D eigenvalue weighted by molar-refractivity contribution is 0.0982. The second-order valence-electron chi connectivity index (χ2n) is 6.86. The number of amides is 1. The van der Waals surface area contributed by atoms with Gasteiger partial charge in [-0.1, -0.05) is 29.0 Å². The number of hydrogen-bond acceptors (Lipinski definition) is 6. The third-order valence-corrected chi connectivity index (χ3v) is 6.00. The average Bonchev–Trinajstić information content (AvgIpc) is 3.14. The number of ether oxygens (including phenoxy) is 2. The molecule has 0 atom stereocenters. The Morgan fingerprint density at radius 1 is 1.10 bits per heavy atom. The monoisotopic (exact) mass is 469 g/mol. The van der Waals surface area contributed by atoms with Gasteiger partial charge in [0.05, 0.1) is 24.5 Å². The molecule has 0 aliphatic carbocycles. The second-order valence-corrected chi connectivity index (χ2v) is 8.28. The molecular formula is C21H25Cl2N3O3S. The predicted octanol–water partition coefficient (Wildman–Crippen LogP) is 4.91. The first-order chi connectivity index (χ1) is 13.8. The number of likely N-dealkylation sites (N-methyl/N-ethyl adjacent to an activating group) is 1. The SMILES string of the molecule is COc1ccc(Cl)cc1C(=O)N(CCN(C)C)c1nc2c(OC)ccc(C)c2s1.Cl. The summed E-state index contributed by atoms with van der Waals surface area (Å²) in [5, 5.41) is 1.09. The first kappa shape index (κ1) is 24.2. The highest BCUT2D eigenvalue weighted by atomic mass is 35.5. The van der Waals surface area contributed by atoms with Gasteiger partial charge in [0.25, 0.3) is 5.91 Å². The number of benzene rings is 2. The number of halogens is 2. The van der Waals surface area contributed by atoms with Crippen LogP contribution in [-0.4, -0.2) is 57.2 Å². The van der Waals surface area contributed by atoms with Crippen LogP contribution in [0.3, 0.4) is 0 Å². The molecule has 0 unspecified atom stereocenters. The zero-order valence-corrected chi connectivity index (χ0v) is 20.0. The van der Waals surface area contributed by atoms with E-state index < -0.39 is 0 Å². The molecule has 0 saturated carbocycles. The van der Waals surface area contributed by atoms with Gasteiger partial charge in [0.1, 0.15) is 17.0 Å². The minimum atomic E-state index is -0.207. The first-order valence-corrected chi connectivity index (χ1v) is 10.3. The van der Waals surface area contributed by atoms with Crippen LogP contribution in [-0.2, 0) is 0 Å². The van der Waals surface area contributed by atoms with Crippen molar-refractivity contribution in [2.45, 2.75) is 6.92 Å². The summed E-state index contributed by atoms with van der Waals surface area (Å²) in [4.78, 5) is 22.0. The quantitative estimate of drug-likeness (QED) is 0.492. The van der Waals surface area contributed by atoms with Gasteiger partial charge in [-0.3, -0.25) is 9.69 Å². The number of carbonyl (C=O) groups excluding carboxylic acids is 1. The van der Waals surface area contributed by atoms with Crippen molar-refractivity contribution in [3.63, 3.8) is 0 Å². The molecule has 3 rings (SSSR count). The molecule has 0 fully saturated rings. The van der Waals surface area contributed by atoms with Crippen LogP contribution in [0, 0.1) is 6.92 Å². The second kappa shape index (κ2) is 10.3. The number of nitrogens with zero attached hydrogens (tertiary/aromatic N) is 3. The largest absolute Gasteiger partial charge is 0.496 e. The Hall–Kier alpha value is -2.06. The summed E-state index contributed by atoms with van der Waals surface area (Å²) in [6, 6.07) is 8.92. The number of hydrogen-bond donors (Lipinski definition) is 0. The highest BCUT2D eigenvalue weighted by molar-refractivity contribution is 7.22. The molecule has 0 aliphatic heterocycles. The Morgan fingerprint density at radius 3 is 2.40 bits per heavy atom. The fourth-order valence-corrected chi connectivity index (χ4v) is 4.20. The van der Waals surface area contributed by atoms with E-state index in [9.17, 15) is 4.79 Å². The molecule has 6 nitrogen and oxygen atoms in total. The van der Waals surface area contributed by atoms with E-state index in [1.54, 1.807) is 30.2 Å². The third-order valence-electron chi connectivity index (χ3n) is 4.55.